The second-order valence-electron chi connectivity index (χ2n) is 3.31. The number of hydrogen-bond acceptors (Lipinski definition) is 3. The number of nitrogens with zero attached hydrogens (tertiary/aromatic N) is 2. The molecule has 90 valence electrons. The molecule has 0 aliphatic carbocycles. The maximum absolute atomic E-state index is 11.6. The van der Waals surface area contributed by atoms with Gasteiger partial charge in [-0.25, -0.2) is 9.78 Å². The summed E-state index contributed by atoms with van der Waals surface area (Å²) in [4.78, 5) is 28.5. The molecule has 0 unspecified atom stereocenters. The number of rotatable bonds is 2. The van der Waals surface area contributed by atoms with Crippen molar-refractivity contribution in [1.82, 2.24) is 14.5 Å². The monoisotopic (exact) mass is 255 g/mol. The Balaban J connectivity index is 0.00000144. The zero-order valence-electron chi connectivity index (χ0n) is 8.88. The Morgan fingerprint density at radius 3 is 2.65 bits per heavy atom. The summed E-state index contributed by atoms with van der Waals surface area (Å²) < 4.78 is 1.54. The van der Waals surface area contributed by atoms with E-state index >= 15 is 0 Å². The minimum absolute atomic E-state index is 0. The van der Waals surface area contributed by atoms with Gasteiger partial charge in [0, 0.05) is 6.20 Å². The molecule has 0 atom stereocenters. The molecule has 0 saturated carbocycles. The second kappa shape index (κ2) is 4.84. The van der Waals surface area contributed by atoms with Gasteiger partial charge in [0.15, 0.2) is 0 Å². The second-order valence-corrected chi connectivity index (χ2v) is 3.31. The lowest BCUT2D eigenvalue weighted by atomic mass is 10.3. The summed E-state index contributed by atoms with van der Waals surface area (Å²) in [7, 11) is 0. The molecule has 0 amide bonds. The summed E-state index contributed by atoms with van der Waals surface area (Å²) in [6.07, 6.45) is 3.19. The summed E-state index contributed by atoms with van der Waals surface area (Å²) in [6.45, 7) is 1.80. The first kappa shape index (κ1) is 13.0. The zero-order chi connectivity index (χ0) is 11.7. The quantitative estimate of drug-likeness (QED) is 0.838. The van der Waals surface area contributed by atoms with E-state index in [1.165, 1.54) is 18.5 Å². The molecule has 2 N–H and O–H groups in total. The van der Waals surface area contributed by atoms with Gasteiger partial charge in [0.1, 0.15) is 11.4 Å². The lowest BCUT2D eigenvalue weighted by molar-refractivity contribution is 0.0690. The molecule has 2 heterocycles. The van der Waals surface area contributed by atoms with Crippen molar-refractivity contribution >= 4 is 18.4 Å². The van der Waals surface area contributed by atoms with Crippen molar-refractivity contribution in [3.05, 3.63) is 46.4 Å². The van der Waals surface area contributed by atoms with Crippen LogP contribution >= 0.6 is 12.4 Å². The van der Waals surface area contributed by atoms with Gasteiger partial charge in [-0.05, 0) is 19.1 Å². The lowest BCUT2D eigenvalue weighted by Gasteiger charge is -2.00. The van der Waals surface area contributed by atoms with Crippen molar-refractivity contribution in [2.45, 2.75) is 6.92 Å². The molecule has 0 radical (unpaired) electrons. The fraction of sp³-hybridized carbons (Fsp3) is 0.100. The van der Waals surface area contributed by atoms with Gasteiger partial charge in [0.2, 0.25) is 0 Å². The molecular formula is C10H10ClN3O3. The molecule has 2 aromatic rings. The minimum atomic E-state index is -1.16. The highest BCUT2D eigenvalue weighted by Crippen LogP contribution is 2.03. The predicted molar refractivity (Wildman–Crippen MR) is 63.1 cm³/mol. The number of aromatic amines is 1. The van der Waals surface area contributed by atoms with Crippen LogP contribution in [-0.4, -0.2) is 25.6 Å². The van der Waals surface area contributed by atoms with Crippen molar-refractivity contribution in [1.29, 1.82) is 0 Å². The van der Waals surface area contributed by atoms with Gasteiger partial charge in [-0.1, -0.05) is 0 Å². The van der Waals surface area contributed by atoms with Gasteiger partial charge in [0.05, 0.1) is 12.0 Å². The van der Waals surface area contributed by atoms with Crippen LogP contribution in [0.5, 0.6) is 0 Å². The van der Waals surface area contributed by atoms with E-state index in [0.717, 1.165) is 5.69 Å². The van der Waals surface area contributed by atoms with Crippen molar-refractivity contribution in [3.8, 4) is 5.69 Å². The molecule has 0 bridgehead atoms. The average Bonchev–Trinajstić information content (AvgIpc) is 2.64. The SMILES string of the molecule is Cc1cn(-c2ccc(C(=O)O)[nH]c2=O)cn1.Cl. The zero-order valence-corrected chi connectivity index (χ0v) is 9.69. The topological polar surface area (TPSA) is 88.0 Å². The molecule has 17 heavy (non-hydrogen) atoms. The molecule has 0 saturated heterocycles. The standard InChI is InChI=1S/C10H9N3O3.ClH/c1-6-4-13(5-11-6)8-3-2-7(10(15)16)12-9(8)14;/h2-5H,1H3,(H,12,14)(H,15,16);1H. The maximum atomic E-state index is 11.6. The molecule has 2 aromatic heterocycles. The summed E-state index contributed by atoms with van der Waals surface area (Å²) in [5.41, 5.74) is 0.523. The van der Waals surface area contributed by atoms with Crippen molar-refractivity contribution < 1.29 is 9.90 Å². The number of imidazole rings is 1. The highest BCUT2D eigenvalue weighted by molar-refractivity contribution is 5.85. The van der Waals surface area contributed by atoms with Gasteiger partial charge in [-0.3, -0.25) is 4.79 Å². The van der Waals surface area contributed by atoms with Crippen molar-refractivity contribution in [3.63, 3.8) is 0 Å². The Hall–Kier alpha value is -2.08. The lowest BCUT2D eigenvalue weighted by Crippen LogP contribution is -2.17. The molecule has 0 aliphatic rings. The van der Waals surface area contributed by atoms with Crippen LogP contribution in [-0.2, 0) is 0 Å². The van der Waals surface area contributed by atoms with Crippen LogP contribution in [0.15, 0.2) is 29.5 Å². The van der Waals surface area contributed by atoms with Crippen LogP contribution in [0.4, 0.5) is 0 Å². The molecular weight excluding hydrogens is 246 g/mol. The first-order valence-electron chi connectivity index (χ1n) is 4.55. The number of nitrogens with one attached hydrogen (secondary N) is 1. The van der Waals surface area contributed by atoms with Gasteiger partial charge in [-0.2, -0.15) is 0 Å². The van der Waals surface area contributed by atoms with E-state index in [0.29, 0.717) is 5.69 Å². The first-order chi connectivity index (χ1) is 7.58. The molecule has 6 nitrogen and oxygen atoms in total. The number of hydrogen-bond donors (Lipinski definition) is 2. The molecule has 0 aromatic carbocycles. The number of pyridine rings is 1. The number of H-pyrrole nitrogens is 1. The Morgan fingerprint density at radius 2 is 2.18 bits per heavy atom. The van der Waals surface area contributed by atoms with E-state index in [-0.39, 0.29) is 18.1 Å². The Labute approximate surface area is 102 Å². The third kappa shape index (κ3) is 2.54. The van der Waals surface area contributed by atoms with E-state index in [4.69, 9.17) is 5.11 Å². The number of aryl methyl sites for hydroxylation is 1. The van der Waals surface area contributed by atoms with Crippen molar-refractivity contribution in [2.24, 2.45) is 0 Å². The Bertz CT molecular complexity index is 603. The Kier molecular flexibility index (Phi) is 3.69. The normalized spacial score (nSPS) is 9.71. The van der Waals surface area contributed by atoms with Gasteiger partial charge in [-0.15, -0.1) is 12.4 Å². The highest BCUT2D eigenvalue weighted by atomic mass is 35.5. The number of halogens is 1. The maximum Gasteiger partial charge on any atom is 0.352 e. The van der Waals surface area contributed by atoms with Crippen LogP contribution in [0.25, 0.3) is 5.69 Å². The van der Waals surface area contributed by atoms with Crippen LogP contribution in [0.3, 0.4) is 0 Å². The number of carbonyl (C=O) groups is 1. The van der Waals surface area contributed by atoms with E-state index < -0.39 is 11.5 Å². The molecule has 0 aliphatic heterocycles. The number of carboxylic acid groups (broad SMARTS) is 1. The van der Waals surface area contributed by atoms with Crippen LogP contribution < -0.4 is 5.56 Å². The fourth-order valence-corrected chi connectivity index (χ4v) is 1.35. The van der Waals surface area contributed by atoms with E-state index in [2.05, 4.69) is 9.97 Å². The summed E-state index contributed by atoms with van der Waals surface area (Å²) in [5, 5.41) is 8.69. The van der Waals surface area contributed by atoms with E-state index in [1.807, 2.05) is 0 Å². The number of carboxylic acids is 1. The van der Waals surface area contributed by atoms with E-state index in [9.17, 15) is 9.59 Å². The number of aromatic carboxylic acids is 1. The third-order valence-corrected chi connectivity index (χ3v) is 2.11. The highest BCUT2D eigenvalue weighted by Gasteiger charge is 2.07. The summed E-state index contributed by atoms with van der Waals surface area (Å²) in [5.74, 6) is -1.16. The average molecular weight is 256 g/mol. The predicted octanol–water partition coefficient (Wildman–Crippen LogP) is 0.989. The molecule has 0 spiro atoms. The summed E-state index contributed by atoms with van der Waals surface area (Å²) in [6, 6.07) is 2.79. The summed E-state index contributed by atoms with van der Waals surface area (Å²) >= 11 is 0. The van der Waals surface area contributed by atoms with E-state index in [1.54, 1.807) is 17.7 Å². The van der Waals surface area contributed by atoms with Crippen molar-refractivity contribution in [2.75, 3.05) is 0 Å². The molecule has 2 rings (SSSR count). The fourth-order valence-electron chi connectivity index (χ4n) is 1.35. The minimum Gasteiger partial charge on any atom is -0.477 e. The molecule has 7 heteroatoms. The van der Waals surface area contributed by atoms with Gasteiger partial charge >= 0.3 is 5.97 Å². The largest absolute Gasteiger partial charge is 0.477 e. The smallest absolute Gasteiger partial charge is 0.352 e. The van der Waals surface area contributed by atoms with Gasteiger partial charge in [0.25, 0.3) is 5.56 Å². The van der Waals surface area contributed by atoms with Crippen LogP contribution in [0.2, 0.25) is 0 Å². The Morgan fingerprint density at radius 1 is 1.47 bits per heavy atom. The number of aromatic nitrogens is 3. The first-order valence-corrected chi connectivity index (χ1v) is 4.55. The van der Waals surface area contributed by atoms with Gasteiger partial charge < -0.3 is 14.7 Å². The molecule has 0 fully saturated rings. The van der Waals surface area contributed by atoms with Crippen LogP contribution in [0, 0.1) is 6.92 Å². The third-order valence-electron chi connectivity index (χ3n) is 2.11. The van der Waals surface area contributed by atoms with Crippen LogP contribution in [0.1, 0.15) is 16.2 Å².